The molecule has 0 N–H and O–H groups in total. The van der Waals surface area contributed by atoms with Crippen LogP contribution in [0.2, 0.25) is 0 Å². The van der Waals surface area contributed by atoms with Gasteiger partial charge >= 0.3 is 0 Å². The van der Waals surface area contributed by atoms with E-state index in [1.807, 2.05) is 17.8 Å². The number of rotatable bonds is 2. The zero-order valence-electron chi connectivity index (χ0n) is 18.8. The fourth-order valence-corrected chi connectivity index (χ4v) is 4.42. The van der Waals surface area contributed by atoms with Gasteiger partial charge in [-0.25, -0.2) is 9.07 Å². The maximum Gasteiger partial charge on any atom is 0.173 e. The summed E-state index contributed by atoms with van der Waals surface area (Å²) in [6.07, 6.45) is 13.9. The number of allylic oxidation sites excluding steroid dienone is 5. The van der Waals surface area contributed by atoms with Crippen molar-refractivity contribution >= 4 is 6.08 Å². The quantitative estimate of drug-likeness (QED) is 0.370. The molecular formula is C27H30F2N2. The van der Waals surface area contributed by atoms with E-state index in [2.05, 4.69) is 36.9 Å². The Hall–Kier alpha value is -2.93. The van der Waals surface area contributed by atoms with Gasteiger partial charge in [-0.1, -0.05) is 37.5 Å². The summed E-state index contributed by atoms with van der Waals surface area (Å²) in [5, 5.41) is 4.56. The van der Waals surface area contributed by atoms with E-state index in [1.54, 1.807) is 36.8 Å². The summed E-state index contributed by atoms with van der Waals surface area (Å²) in [5.41, 5.74) is 5.24. The van der Waals surface area contributed by atoms with E-state index >= 15 is 0 Å². The van der Waals surface area contributed by atoms with E-state index in [1.165, 1.54) is 48.7 Å². The minimum atomic E-state index is -0.393. The van der Waals surface area contributed by atoms with Crippen molar-refractivity contribution in [1.29, 1.82) is 0 Å². The lowest BCUT2D eigenvalue weighted by Gasteiger charge is -2.44. The molecule has 0 bridgehead atoms. The van der Waals surface area contributed by atoms with E-state index in [-0.39, 0.29) is 11.2 Å². The van der Waals surface area contributed by atoms with Crippen LogP contribution in [0.4, 0.5) is 8.78 Å². The topological polar surface area (TPSA) is 17.8 Å². The van der Waals surface area contributed by atoms with Gasteiger partial charge in [-0.15, -0.1) is 0 Å². The molecule has 4 heteroatoms. The van der Waals surface area contributed by atoms with Crippen molar-refractivity contribution in [3.63, 3.8) is 0 Å². The first-order chi connectivity index (χ1) is 14.9. The van der Waals surface area contributed by atoms with E-state index in [0.717, 1.165) is 18.0 Å². The zero-order valence-corrected chi connectivity index (χ0v) is 18.8. The monoisotopic (exact) mass is 420 g/mol. The summed E-state index contributed by atoms with van der Waals surface area (Å²) in [6, 6.07) is 6.56. The van der Waals surface area contributed by atoms with E-state index < -0.39 is 5.83 Å². The Kier molecular flexibility index (Phi) is 7.28. The van der Waals surface area contributed by atoms with Gasteiger partial charge in [0.25, 0.3) is 0 Å². The molecule has 2 atom stereocenters. The van der Waals surface area contributed by atoms with Gasteiger partial charge < -0.3 is 0 Å². The summed E-state index contributed by atoms with van der Waals surface area (Å²) in [6.45, 7) is 8.20. The van der Waals surface area contributed by atoms with Crippen LogP contribution in [0.3, 0.4) is 0 Å². The summed E-state index contributed by atoms with van der Waals surface area (Å²) in [5.74, 6) is 4.84. The maximum atomic E-state index is 13.1. The van der Waals surface area contributed by atoms with Crippen LogP contribution in [0.1, 0.15) is 58.2 Å². The molecule has 1 aromatic heterocycles. The lowest BCUT2D eigenvalue weighted by molar-refractivity contribution is 0.199. The van der Waals surface area contributed by atoms with E-state index in [9.17, 15) is 8.78 Å². The minimum absolute atomic E-state index is 0.211. The van der Waals surface area contributed by atoms with Gasteiger partial charge in [0.05, 0.1) is 17.6 Å². The Morgan fingerprint density at radius 2 is 2.03 bits per heavy atom. The molecule has 0 radical (unpaired) electrons. The highest BCUT2D eigenvalue weighted by molar-refractivity contribution is 5.61. The van der Waals surface area contributed by atoms with Crippen LogP contribution >= 0.6 is 0 Å². The molecule has 0 amide bonds. The highest BCUT2D eigenvalue weighted by atomic mass is 19.1. The van der Waals surface area contributed by atoms with Crippen molar-refractivity contribution in [3.05, 3.63) is 77.2 Å². The average molecular weight is 421 g/mol. The molecule has 1 heterocycles. The summed E-state index contributed by atoms with van der Waals surface area (Å²) in [4.78, 5) is 0. The molecule has 2 unspecified atom stereocenters. The van der Waals surface area contributed by atoms with Crippen molar-refractivity contribution in [3.8, 4) is 17.5 Å². The largest absolute Gasteiger partial charge is 0.233 e. The van der Waals surface area contributed by atoms with Crippen LogP contribution in [0, 0.1) is 29.0 Å². The third kappa shape index (κ3) is 5.05. The molecule has 1 aromatic carbocycles. The molecule has 2 nitrogen and oxygen atoms in total. The predicted octanol–water partition coefficient (Wildman–Crippen LogP) is 7.22. The van der Waals surface area contributed by atoms with Crippen molar-refractivity contribution in [2.45, 2.75) is 53.4 Å². The second-order valence-corrected chi connectivity index (χ2v) is 8.42. The lowest BCUT2D eigenvalue weighted by atomic mass is 9.60. The number of nitrogens with zero attached hydrogens (tertiary/aromatic N) is 2. The fraction of sp³-hybridized carbons (Fsp3) is 0.370. The molecule has 0 spiro atoms. The Morgan fingerprint density at radius 3 is 2.71 bits per heavy atom. The lowest BCUT2D eigenvalue weighted by Crippen LogP contribution is -2.35. The van der Waals surface area contributed by atoms with Crippen molar-refractivity contribution in [1.82, 2.24) is 9.78 Å². The Morgan fingerprint density at radius 1 is 1.29 bits per heavy atom. The van der Waals surface area contributed by atoms with Gasteiger partial charge in [-0.2, -0.15) is 9.49 Å². The van der Waals surface area contributed by atoms with Gasteiger partial charge in [0.15, 0.2) is 5.83 Å². The van der Waals surface area contributed by atoms with Gasteiger partial charge in [0.2, 0.25) is 0 Å². The van der Waals surface area contributed by atoms with Crippen LogP contribution in [0.15, 0.2) is 60.1 Å². The van der Waals surface area contributed by atoms with Crippen LogP contribution in [-0.4, -0.2) is 9.78 Å². The molecule has 0 saturated heterocycles. The fourth-order valence-electron chi connectivity index (χ4n) is 4.42. The van der Waals surface area contributed by atoms with Crippen LogP contribution in [0.5, 0.6) is 0 Å². The molecule has 2 aliphatic rings. The smallest absolute Gasteiger partial charge is 0.173 e. The average Bonchev–Trinajstić information content (AvgIpc) is 3.15. The SMILES string of the molecule is CC#C/C(F)=C\C=C/C.CC1CCCC2=Cc3c(cnn3-c3ccc(F)cc3)CC21C. The van der Waals surface area contributed by atoms with Crippen LogP contribution in [0.25, 0.3) is 11.8 Å². The maximum absolute atomic E-state index is 13.1. The summed E-state index contributed by atoms with van der Waals surface area (Å²) >= 11 is 0. The first-order valence-electron chi connectivity index (χ1n) is 10.8. The summed E-state index contributed by atoms with van der Waals surface area (Å²) in [7, 11) is 0. The first-order valence-corrected chi connectivity index (χ1v) is 10.8. The highest BCUT2D eigenvalue weighted by Crippen LogP contribution is 2.50. The van der Waals surface area contributed by atoms with Crippen molar-refractivity contribution < 1.29 is 8.78 Å². The first kappa shape index (κ1) is 22.7. The second kappa shape index (κ2) is 9.92. The van der Waals surface area contributed by atoms with Gasteiger partial charge in [0, 0.05) is 0 Å². The molecule has 4 rings (SSSR count). The number of hydrogen-bond acceptors (Lipinski definition) is 1. The van der Waals surface area contributed by atoms with Crippen molar-refractivity contribution in [2.24, 2.45) is 11.3 Å². The van der Waals surface area contributed by atoms with Gasteiger partial charge in [0.1, 0.15) is 5.82 Å². The summed E-state index contributed by atoms with van der Waals surface area (Å²) < 4.78 is 27.3. The number of fused-ring (bicyclic) bond motifs is 2. The Labute approximate surface area is 184 Å². The molecule has 1 fully saturated rings. The number of aromatic nitrogens is 2. The molecule has 162 valence electrons. The molecule has 0 aliphatic heterocycles. The molecule has 31 heavy (non-hydrogen) atoms. The van der Waals surface area contributed by atoms with Crippen LogP contribution < -0.4 is 0 Å². The second-order valence-electron chi connectivity index (χ2n) is 8.42. The number of benzene rings is 1. The number of halogens is 2. The van der Waals surface area contributed by atoms with E-state index in [4.69, 9.17) is 0 Å². The predicted molar refractivity (Wildman–Crippen MR) is 124 cm³/mol. The molecule has 2 aromatic rings. The molecular weight excluding hydrogens is 390 g/mol. The Bertz CT molecular complexity index is 1060. The normalized spacial score (nSPS) is 22.5. The Balaban J connectivity index is 0.000000259. The third-order valence-electron chi connectivity index (χ3n) is 6.41. The molecule has 2 aliphatic carbocycles. The third-order valence-corrected chi connectivity index (χ3v) is 6.41. The minimum Gasteiger partial charge on any atom is -0.233 e. The van der Waals surface area contributed by atoms with Crippen LogP contribution in [-0.2, 0) is 6.42 Å². The molecule has 1 saturated carbocycles. The van der Waals surface area contributed by atoms with Crippen molar-refractivity contribution in [2.75, 3.05) is 0 Å². The standard InChI is InChI=1S/C19H21FN2.C8H9F/c1-13-4-3-5-15-10-18-14(11-19(13,15)2)12-21-22(18)17-8-6-16(20)7-9-17;1-3-5-7-8(9)6-4-2/h6-10,12-13H,3-5,11H2,1-2H3;3,5,7H,1-2H3/b;5-3-,8-7+. The zero-order chi connectivity index (χ0) is 22.4. The van der Waals surface area contributed by atoms with E-state index in [0.29, 0.717) is 0 Å². The van der Waals surface area contributed by atoms with Gasteiger partial charge in [-0.3, -0.25) is 0 Å². The van der Waals surface area contributed by atoms with Gasteiger partial charge in [-0.05, 0) is 98.8 Å². The highest BCUT2D eigenvalue weighted by Gasteiger charge is 2.41. The number of hydrogen-bond donors (Lipinski definition) is 0.